The van der Waals surface area contributed by atoms with Gasteiger partial charge < -0.3 is 15.2 Å². The van der Waals surface area contributed by atoms with Crippen molar-refractivity contribution in [2.45, 2.75) is 25.9 Å². The van der Waals surface area contributed by atoms with Gasteiger partial charge in [-0.3, -0.25) is 0 Å². The predicted octanol–water partition coefficient (Wildman–Crippen LogP) is 2.75. The number of halogens is 1. The van der Waals surface area contributed by atoms with Gasteiger partial charge in [-0.15, -0.1) is 0 Å². The fourth-order valence-electron chi connectivity index (χ4n) is 1.55. The maximum absolute atomic E-state index is 5.82. The summed E-state index contributed by atoms with van der Waals surface area (Å²) in [5.41, 5.74) is 6.75. The summed E-state index contributed by atoms with van der Waals surface area (Å²) in [6.45, 7) is 3.40. The van der Waals surface area contributed by atoms with Gasteiger partial charge in [-0.05, 0) is 43.7 Å². The Hall–Kier alpha value is -0.580. The molecule has 2 N–H and O–H groups in total. The van der Waals surface area contributed by atoms with Crippen LogP contribution in [0.15, 0.2) is 22.7 Å². The SMILES string of the molecule is COCCC(C)Oc1ccc(Br)c(CCN)c1. The smallest absolute Gasteiger partial charge is 0.120 e. The number of ether oxygens (including phenoxy) is 2. The second-order valence-electron chi connectivity index (χ2n) is 4.00. The first-order chi connectivity index (χ1) is 8.17. The summed E-state index contributed by atoms with van der Waals surface area (Å²) in [5.74, 6) is 0.889. The third-order valence-electron chi connectivity index (χ3n) is 2.50. The second-order valence-corrected chi connectivity index (χ2v) is 4.86. The normalized spacial score (nSPS) is 12.5. The molecule has 1 aromatic carbocycles. The van der Waals surface area contributed by atoms with Gasteiger partial charge in [0.2, 0.25) is 0 Å². The molecular weight excluding hydrogens is 282 g/mol. The zero-order chi connectivity index (χ0) is 12.7. The van der Waals surface area contributed by atoms with E-state index in [0.717, 1.165) is 23.1 Å². The second kappa shape index (κ2) is 7.69. The molecule has 0 aliphatic rings. The van der Waals surface area contributed by atoms with Crippen molar-refractivity contribution < 1.29 is 9.47 Å². The van der Waals surface area contributed by atoms with Crippen LogP contribution in [0, 0.1) is 0 Å². The number of nitrogens with two attached hydrogens (primary N) is 1. The fraction of sp³-hybridized carbons (Fsp3) is 0.538. The first kappa shape index (κ1) is 14.5. The molecule has 0 saturated heterocycles. The van der Waals surface area contributed by atoms with Crippen LogP contribution >= 0.6 is 15.9 Å². The van der Waals surface area contributed by atoms with E-state index in [4.69, 9.17) is 15.2 Å². The molecule has 1 unspecified atom stereocenters. The van der Waals surface area contributed by atoms with Crippen molar-refractivity contribution in [3.05, 3.63) is 28.2 Å². The molecule has 96 valence electrons. The monoisotopic (exact) mass is 301 g/mol. The van der Waals surface area contributed by atoms with Crippen molar-refractivity contribution in [3.63, 3.8) is 0 Å². The van der Waals surface area contributed by atoms with E-state index in [-0.39, 0.29) is 6.10 Å². The molecule has 0 heterocycles. The van der Waals surface area contributed by atoms with Crippen molar-refractivity contribution in [1.82, 2.24) is 0 Å². The summed E-state index contributed by atoms with van der Waals surface area (Å²) in [6, 6.07) is 6.01. The van der Waals surface area contributed by atoms with Gasteiger partial charge in [0, 0.05) is 24.6 Å². The van der Waals surface area contributed by atoms with Gasteiger partial charge in [0.25, 0.3) is 0 Å². The highest BCUT2D eigenvalue weighted by atomic mass is 79.9. The molecular formula is C13H20BrNO2. The summed E-state index contributed by atoms with van der Waals surface area (Å²) < 4.78 is 11.9. The lowest BCUT2D eigenvalue weighted by molar-refractivity contribution is 0.135. The minimum absolute atomic E-state index is 0.154. The summed E-state index contributed by atoms with van der Waals surface area (Å²) >= 11 is 3.51. The zero-order valence-electron chi connectivity index (χ0n) is 10.4. The quantitative estimate of drug-likeness (QED) is 0.842. The number of methoxy groups -OCH3 is 1. The third kappa shape index (κ3) is 5.06. The number of hydrogen-bond acceptors (Lipinski definition) is 3. The Balaban J connectivity index is 2.61. The third-order valence-corrected chi connectivity index (χ3v) is 3.27. The van der Waals surface area contributed by atoms with Gasteiger partial charge in [-0.25, -0.2) is 0 Å². The Morgan fingerprint density at radius 1 is 1.41 bits per heavy atom. The highest BCUT2D eigenvalue weighted by Gasteiger charge is 2.06. The van der Waals surface area contributed by atoms with Gasteiger partial charge >= 0.3 is 0 Å². The minimum atomic E-state index is 0.154. The molecule has 0 aliphatic carbocycles. The van der Waals surface area contributed by atoms with Crippen molar-refractivity contribution in [1.29, 1.82) is 0 Å². The molecule has 0 spiro atoms. The summed E-state index contributed by atoms with van der Waals surface area (Å²) in [4.78, 5) is 0. The molecule has 0 fully saturated rings. The predicted molar refractivity (Wildman–Crippen MR) is 73.5 cm³/mol. The van der Waals surface area contributed by atoms with E-state index in [0.29, 0.717) is 13.2 Å². The van der Waals surface area contributed by atoms with E-state index in [1.165, 1.54) is 5.56 Å². The summed E-state index contributed by atoms with van der Waals surface area (Å²) in [6.07, 6.45) is 1.89. The number of benzene rings is 1. The van der Waals surface area contributed by atoms with Crippen molar-refractivity contribution in [2.24, 2.45) is 5.73 Å². The van der Waals surface area contributed by atoms with Gasteiger partial charge in [0.15, 0.2) is 0 Å². The molecule has 0 radical (unpaired) electrons. The van der Waals surface area contributed by atoms with Crippen LogP contribution in [0.2, 0.25) is 0 Å². The lowest BCUT2D eigenvalue weighted by Crippen LogP contribution is -2.14. The summed E-state index contributed by atoms with van der Waals surface area (Å²) in [5, 5.41) is 0. The van der Waals surface area contributed by atoms with E-state index >= 15 is 0 Å². The summed E-state index contributed by atoms with van der Waals surface area (Å²) in [7, 11) is 1.70. The van der Waals surface area contributed by atoms with Crippen LogP contribution in [0.25, 0.3) is 0 Å². The number of hydrogen-bond donors (Lipinski definition) is 1. The maximum Gasteiger partial charge on any atom is 0.120 e. The van der Waals surface area contributed by atoms with Crippen LogP contribution in [-0.4, -0.2) is 26.4 Å². The molecule has 0 saturated carbocycles. The molecule has 0 aromatic heterocycles. The van der Waals surface area contributed by atoms with E-state index < -0.39 is 0 Å². The first-order valence-corrected chi connectivity index (χ1v) is 6.60. The Bertz CT molecular complexity index is 344. The highest BCUT2D eigenvalue weighted by Crippen LogP contribution is 2.23. The van der Waals surface area contributed by atoms with Crippen molar-refractivity contribution in [2.75, 3.05) is 20.3 Å². The highest BCUT2D eigenvalue weighted by molar-refractivity contribution is 9.10. The average molecular weight is 302 g/mol. The van der Waals surface area contributed by atoms with Crippen LogP contribution in [-0.2, 0) is 11.2 Å². The lowest BCUT2D eigenvalue weighted by atomic mass is 10.1. The van der Waals surface area contributed by atoms with Crippen molar-refractivity contribution in [3.8, 4) is 5.75 Å². The zero-order valence-corrected chi connectivity index (χ0v) is 12.0. The van der Waals surface area contributed by atoms with E-state index in [9.17, 15) is 0 Å². The number of rotatable bonds is 7. The van der Waals surface area contributed by atoms with E-state index in [1.54, 1.807) is 7.11 Å². The Kier molecular flexibility index (Phi) is 6.55. The van der Waals surface area contributed by atoms with E-state index in [2.05, 4.69) is 15.9 Å². The fourth-order valence-corrected chi connectivity index (χ4v) is 1.99. The van der Waals surface area contributed by atoms with Crippen LogP contribution < -0.4 is 10.5 Å². The largest absolute Gasteiger partial charge is 0.491 e. The van der Waals surface area contributed by atoms with Crippen LogP contribution in [0.5, 0.6) is 5.75 Å². The van der Waals surface area contributed by atoms with E-state index in [1.807, 2.05) is 25.1 Å². The molecule has 0 aliphatic heterocycles. The molecule has 0 amide bonds. The van der Waals surface area contributed by atoms with Crippen LogP contribution in [0.4, 0.5) is 0 Å². The van der Waals surface area contributed by atoms with Gasteiger partial charge in [0.05, 0.1) is 6.10 Å². The molecule has 1 rings (SSSR count). The Labute approximate surface area is 111 Å². The van der Waals surface area contributed by atoms with Crippen LogP contribution in [0.3, 0.4) is 0 Å². The minimum Gasteiger partial charge on any atom is -0.491 e. The topological polar surface area (TPSA) is 44.5 Å². The average Bonchev–Trinajstić information content (AvgIpc) is 2.31. The molecule has 17 heavy (non-hydrogen) atoms. The van der Waals surface area contributed by atoms with Crippen LogP contribution in [0.1, 0.15) is 18.9 Å². The maximum atomic E-state index is 5.82. The Morgan fingerprint density at radius 2 is 2.18 bits per heavy atom. The van der Waals surface area contributed by atoms with Crippen molar-refractivity contribution >= 4 is 15.9 Å². The Morgan fingerprint density at radius 3 is 2.82 bits per heavy atom. The molecule has 0 bridgehead atoms. The van der Waals surface area contributed by atoms with Gasteiger partial charge in [-0.1, -0.05) is 15.9 Å². The van der Waals surface area contributed by atoms with Gasteiger partial charge in [0.1, 0.15) is 5.75 Å². The standard InChI is InChI=1S/C13H20BrNO2/c1-10(6-8-16-2)17-12-3-4-13(14)11(9-12)5-7-15/h3-4,9-10H,5-8,15H2,1-2H3. The van der Waals surface area contributed by atoms with Gasteiger partial charge in [-0.2, -0.15) is 0 Å². The molecule has 1 atom stereocenters. The lowest BCUT2D eigenvalue weighted by Gasteiger charge is -2.15. The molecule has 3 nitrogen and oxygen atoms in total. The molecule has 4 heteroatoms. The molecule has 1 aromatic rings. The first-order valence-electron chi connectivity index (χ1n) is 5.81.